The Balaban J connectivity index is 1.61. The molecule has 3 aromatic carbocycles. The van der Waals surface area contributed by atoms with Gasteiger partial charge in [-0.3, -0.25) is 0 Å². The van der Waals surface area contributed by atoms with E-state index in [1.807, 2.05) is 66.7 Å². The molecule has 0 unspecified atom stereocenters. The van der Waals surface area contributed by atoms with Crippen LogP contribution < -0.4 is 14.2 Å². The first-order valence-electron chi connectivity index (χ1n) is 9.12. The summed E-state index contributed by atoms with van der Waals surface area (Å²) >= 11 is 0. The smallest absolute Gasteiger partial charge is 0.234 e. The first-order valence-corrected chi connectivity index (χ1v) is 10.7. The van der Waals surface area contributed by atoms with Crippen molar-refractivity contribution in [3.63, 3.8) is 0 Å². The summed E-state index contributed by atoms with van der Waals surface area (Å²) in [5.41, 5.74) is 2.64. The molecule has 0 saturated carbocycles. The second-order valence-electron chi connectivity index (χ2n) is 6.34. The van der Waals surface area contributed by atoms with Crippen molar-refractivity contribution in [2.75, 3.05) is 7.11 Å². The van der Waals surface area contributed by atoms with Crippen molar-refractivity contribution >= 4 is 16.1 Å². The highest BCUT2D eigenvalue weighted by Crippen LogP contribution is 2.29. The van der Waals surface area contributed by atoms with Gasteiger partial charge < -0.3 is 9.47 Å². The van der Waals surface area contributed by atoms with Gasteiger partial charge >= 0.3 is 0 Å². The third-order valence-electron chi connectivity index (χ3n) is 4.18. The zero-order valence-electron chi connectivity index (χ0n) is 16.1. The van der Waals surface area contributed by atoms with Gasteiger partial charge in [-0.05, 0) is 34.9 Å². The lowest BCUT2D eigenvalue weighted by Gasteiger charge is -2.12. The second kappa shape index (κ2) is 9.91. The number of hydrogen-bond donors (Lipinski definition) is 1. The lowest BCUT2D eigenvalue weighted by Crippen LogP contribution is -2.20. The minimum atomic E-state index is -3.56. The molecule has 0 bridgehead atoms. The quantitative estimate of drug-likeness (QED) is 0.570. The number of hydrogen-bond acceptors (Lipinski definition) is 4. The van der Waals surface area contributed by atoms with Gasteiger partial charge in [0.2, 0.25) is 10.0 Å². The highest BCUT2D eigenvalue weighted by Gasteiger charge is 2.09. The molecule has 29 heavy (non-hydrogen) atoms. The molecule has 1 N–H and O–H groups in total. The fraction of sp³-hybridized carbons (Fsp3) is 0.130. The lowest BCUT2D eigenvalue weighted by atomic mass is 10.2. The van der Waals surface area contributed by atoms with Crippen LogP contribution in [0.5, 0.6) is 11.5 Å². The minimum absolute atomic E-state index is 0.150. The van der Waals surface area contributed by atoms with Crippen LogP contribution in [0.1, 0.15) is 16.7 Å². The Bertz CT molecular complexity index is 1050. The van der Waals surface area contributed by atoms with E-state index in [1.165, 1.54) is 0 Å². The SMILES string of the molecule is COc1cc(CNS(=O)(=O)/C=C/c2ccccc2)ccc1OCc1ccccc1. The van der Waals surface area contributed by atoms with Crippen molar-refractivity contribution in [2.45, 2.75) is 13.2 Å². The van der Waals surface area contributed by atoms with Crippen molar-refractivity contribution in [2.24, 2.45) is 0 Å². The Hall–Kier alpha value is -3.09. The van der Waals surface area contributed by atoms with Gasteiger partial charge in [0.1, 0.15) is 6.61 Å². The standard InChI is InChI=1S/C23H23NO4S/c1-27-23-16-21(12-13-22(23)28-18-20-10-6-3-7-11-20)17-24-29(25,26)15-14-19-8-4-2-5-9-19/h2-16,24H,17-18H2,1H3/b15-14+. The first kappa shape index (κ1) is 20.6. The van der Waals surface area contributed by atoms with Crippen LogP contribution in [-0.4, -0.2) is 15.5 Å². The molecule has 0 fully saturated rings. The monoisotopic (exact) mass is 409 g/mol. The fourth-order valence-corrected chi connectivity index (χ4v) is 3.44. The predicted octanol–water partition coefficient (Wildman–Crippen LogP) is 4.36. The predicted molar refractivity (Wildman–Crippen MR) is 115 cm³/mol. The van der Waals surface area contributed by atoms with Crippen LogP contribution >= 0.6 is 0 Å². The third kappa shape index (κ3) is 6.48. The first-order chi connectivity index (χ1) is 14.1. The number of methoxy groups -OCH3 is 1. The van der Waals surface area contributed by atoms with Gasteiger partial charge in [0.05, 0.1) is 7.11 Å². The van der Waals surface area contributed by atoms with Crippen LogP contribution in [0.15, 0.2) is 84.3 Å². The normalized spacial score (nSPS) is 11.5. The third-order valence-corrected chi connectivity index (χ3v) is 5.22. The molecule has 0 atom stereocenters. The van der Waals surface area contributed by atoms with Gasteiger partial charge in [0.15, 0.2) is 11.5 Å². The molecule has 0 aliphatic heterocycles. The van der Waals surface area contributed by atoms with Crippen LogP contribution in [0.3, 0.4) is 0 Å². The minimum Gasteiger partial charge on any atom is -0.493 e. The van der Waals surface area contributed by atoms with E-state index in [0.717, 1.165) is 22.1 Å². The van der Waals surface area contributed by atoms with Crippen molar-refractivity contribution in [3.8, 4) is 11.5 Å². The zero-order valence-corrected chi connectivity index (χ0v) is 16.9. The number of benzene rings is 3. The highest BCUT2D eigenvalue weighted by atomic mass is 32.2. The molecule has 0 aliphatic carbocycles. The summed E-state index contributed by atoms with van der Waals surface area (Å²) in [5, 5.41) is 1.16. The number of rotatable bonds is 9. The van der Waals surface area contributed by atoms with Crippen LogP contribution in [0.2, 0.25) is 0 Å². The molecule has 0 aliphatic rings. The van der Waals surface area contributed by atoms with Gasteiger partial charge in [-0.25, -0.2) is 13.1 Å². The van der Waals surface area contributed by atoms with Crippen molar-refractivity contribution in [1.82, 2.24) is 4.72 Å². The Labute approximate surface area is 171 Å². The summed E-state index contributed by atoms with van der Waals surface area (Å²) in [6.07, 6.45) is 1.56. The summed E-state index contributed by atoms with van der Waals surface area (Å²) in [6.45, 7) is 0.574. The highest BCUT2D eigenvalue weighted by molar-refractivity contribution is 7.92. The van der Waals surface area contributed by atoms with Gasteiger partial charge in [0.25, 0.3) is 0 Å². The Morgan fingerprint density at radius 1 is 0.862 bits per heavy atom. The van der Waals surface area contributed by atoms with E-state index < -0.39 is 10.0 Å². The average Bonchev–Trinajstić information content (AvgIpc) is 2.76. The average molecular weight is 410 g/mol. The van der Waals surface area contributed by atoms with Gasteiger partial charge in [-0.2, -0.15) is 0 Å². The molecule has 0 heterocycles. The van der Waals surface area contributed by atoms with Crippen LogP contribution in [0.25, 0.3) is 6.08 Å². The molecule has 5 nitrogen and oxygen atoms in total. The van der Waals surface area contributed by atoms with Gasteiger partial charge in [0, 0.05) is 12.0 Å². The molecule has 3 aromatic rings. The van der Waals surface area contributed by atoms with E-state index in [-0.39, 0.29) is 6.54 Å². The Morgan fingerprint density at radius 2 is 1.55 bits per heavy atom. The number of ether oxygens (including phenoxy) is 2. The maximum atomic E-state index is 12.2. The molecule has 6 heteroatoms. The van der Waals surface area contributed by atoms with Crippen LogP contribution in [0.4, 0.5) is 0 Å². The molecule has 0 aromatic heterocycles. The van der Waals surface area contributed by atoms with E-state index in [4.69, 9.17) is 9.47 Å². The maximum absolute atomic E-state index is 12.2. The summed E-state index contributed by atoms with van der Waals surface area (Å²) < 4.78 is 38.2. The summed E-state index contributed by atoms with van der Waals surface area (Å²) in [6, 6.07) is 24.5. The molecular formula is C23H23NO4S. The topological polar surface area (TPSA) is 64.6 Å². The van der Waals surface area contributed by atoms with Crippen molar-refractivity contribution in [3.05, 3.63) is 101 Å². The van der Waals surface area contributed by atoms with E-state index in [0.29, 0.717) is 18.1 Å². The van der Waals surface area contributed by atoms with Gasteiger partial charge in [-0.15, -0.1) is 0 Å². The Morgan fingerprint density at radius 3 is 2.24 bits per heavy atom. The number of nitrogens with one attached hydrogen (secondary N) is 1. The lowest BCUT2D eigenvalue weighted by molar-refractivity contribution is 0.284. The summed E-state index contributed by atoms with van der Waals surface area (Å²) in [5.74, 6) is 1.16. The fourth-order valence-electron chi connectivity index (χ4n) is 2.64. The zero-order chi connectivity index (χ0) is 20.5. The second-order valence-corrected chi connectivity index (χ2v) is 7.99. The number of sulfonamides is 1. The van der Waals surface area contributed by atoms with E-state index in [9.17, 15) is 8.42 Å². The van der Waals surface area contributed by atoms with Gasteiger partial charge in [-0.1, -0.05) is 66.7 Å². The van der Waals surface area contributed by atoms with Crippen molar-refractivity contribution in [1.29, 1.82) is 0 Å². The van der Waals surface area contributed by atoms with E-state index >= 15 is 0 Å². The molecule has 0 spiro atoms. The maximum Gasteiger partial charge on any atom is 0.234 e. The van der Waals surface area contributed by atoms with Crippen molar-refractivity contribution < 1.29 is 17.9 Å². The molecular weight excluding hydrogens is 386 g/mol. The molecule has 150 valence electrons. The molecule has 3 rings (SSSR count). The molecule has 0 radical (unpaired) electrons. The molecule has 0 amide bonds. The molecule has 0 saturated heterocycles. The largest absolute Gasteiger partial charge is 0.493 e. The Kier molecular flexibility index (Phi) is 7.05. The van der Waals surface area contributed by atoms with Crippen LogP contribution in [-0.2, 0) is 23.2 Å². The summed E-state index contributed by atoms with van der Waals surface area (Å²) in [4.78, 5) is 0. The van der Waals surface area contributed by atoms with E-state index in [2.05, 4.69) is 4.72 Å². The van der Waals surface area contributed by atoms with Crippen LogP contribution in [0, 0.1) is 0 Å². The summed E-state index contributed by atoms with van der Waals surface area (Å²) in [7, 11) is -2.00. The van der Waals surface area contributed by atoms with E-state index in [1.54, 1.807) is 25.3 Å².